The summed E-state index contributed by atoms with van der Waals surface area (Å²) in [6, 6.07) is 6.78. The van der Waals surface area contributed by atoms with Crippen molar-refractivity contribution in [1.82, 2.24) is 10.6 Å². The fourth-order valence-corrected chi connectivity index (χ4v) is 1.65. The molecule has 0 radical (unpaired) electrons. The average molecular weight is 192 g/mol. The molecule has 0 aromatic heterocycles. The molecule has 1 aromatic carbocycles. The molecule has 1 aromatic rings. The highest BCUT2D eigenvalue weighted by atomic mass is 16.3. The van der Waals surface area contributed by atoms with Crippen molar-refractivity contribution < 1.29 is 9.90 Å². The van der Waals surface area contributed by atoms with Crippen molar-refractivity contribution in [2.75, 3.05) is 0 Å². The Morgan fingerprint density at radius 3 is 2.36 bits per heavy atom. The van der Waals surface area contributed by atoms with Crippen LogP contribution in [0.3, 0.4) is 0 Å². The molecule has 0 spiro atoms. The lowest BCUT2D eigenvalue weighted by Gasteiger charge is -2.14. The van der Waals surface area contributed by atoms with E-state index in [-0.39, 0.29) is 23.9 Å². The van der Waals surface area contributed by atoms with Gasteiger partial charge in [0.2, 0.25) is 0 Å². The first-order valence-electron chi connectivity index (χ1n) is 4.53. The predicted octanol–water partition coefficient (Wildman–Crippen LogP) is 1.13. The monoisotopic (exact) mass is 192 g/mol. The van der Waals surface area contributed by atoms with Crippen LogP contribution in [-0.4, -0.2) is 17.2 Å². The number of aromatic hydroxyl groups is 1. The largest absolute Gasteiger partial charge is 0.508 e. The first-order valence-corrected chi connectivity index (χ1v) is 4.53. The normalized spacial score (nSPS) is 25.6. The smallest absolute Gasteiger partial charge is 0.315 e. The molecule has 1 aliphatic heterocycles. The van der Waals surface area contributed by atoms with Crippen LogP contribution < -0.4 is 10.6 Å². The van der Waals surface area contributed by atoms with Gasteiger partial charge in [-0.05, 0) is 24.6 Å². The molecule has 1 saturated heterocycles. The highest BCUT2D eigenvalue weighted by molar-refractivity contribution is 5.77. The molecule has 3 N–H and O–H groups in total. The number of nitrogens with one attached hydrogen (secondary N) is 2. The topological polar surface area (TPSA) is 61.4 Å². The quantitative estimate of drug-likeness (QED) is 0.624. The van der Waals surface area contributed by atoms with E-state index >= 15 is 0 Å². The zero-order valence-electron chi connectivity index (χ0n) is 7.82. The third kappa shape index (κ3) is 1.51. The standard InChI is InChI=1S/C10H12N2O2/c1-6-9(12-10(14)11-6)7-2-4-8(13)5-3-7/h2-6,9,13H,1H3,(H2,11,12,14)/t6-,9-/m0/s1. The number of urea groups is 1. The van der Waals surface area contributed by atoms with Crippen LogP contribution in [0.4, 0.5) is 4.79 Å². The molecule has 0 saturated carbocycles. The molecular weight excluding hydrogens is 180 g/mol. The van der Waals surface area contributed by atoms with E-state index in [4.69, 9.17) is 5.11 Å². The summed E-state index contributed by atoms with van der Waals surface area (Å²) < 4.78 is 0. The fraction of sp³-hybridized carbons (Fsp3) is 0.300. The van der Waals surface area contributed by atoms with Crippen LogP contribution >= 0.6 is 0 Å². The third-order valence-corrected chi connectivity index (χ3v) is 2.40. The summed E-state index contributed by atoms with van der Waals surface area (Å²) in [7, 11) is 0. The Kier molecular flexibility index (Phi) is 2.04. The molecule has 0 bridgehead atoms. The molecule has 4 heteroatoms. The van der Waals surface area contributed by atoms with Crippen molar-refractivity contribution in [3.63, 3.8) is 0 Å². The molecule has 0 aliphatic carbocycles. The molecule has 4 nitrogen and oxygen atoms in total. The van der Waals surface area contributed by atoms with Crippen LogP contribution in [0, 0.1) is 0 Å². The van der Waals surface area contributed by atoms with Gasteiger partial charge in [-0.25, -0.2) is 4.79 Å². The Hall–Kier alpha value is -1.71. The highest BCUT2D eigenvalue weighted by Crippen LogP contribution is 2.22. The maximum absolute atomic E-state index is 11.0. The number of hydrogen-bond acceptors (Lipinski definition) is 2. The minimum atomic E-state index is -0.143. The summed E-state index contributed by atoms with van der Waals surface area (Å²) in [5.74, 6) is 0.235. The number of carbonyl (C=O) groups is 1. The number of carbonyl (C=O) groups excluding carboxylic acids is 1. The summed E-state index contributed by atoms with van der Waals surface area (Å²) >= 11 is 0. The summed E-state index contributed by atoms with van der Waals surface area (Å²) in [5, 5.41) is 14.7. The van der Waals surface area contributed by atoms with Gasteiger partial charge in [-0.1, -0.05) is 12.1 Å². The number of hydrogen-bond donors (Lipinski definition) is 3. The van der Waals surface area contributed by atoms with Gasteiger partial charge in [-0.3, -0.25) is 0 Å². The van der Waals surface area contributed by atoms with Crippen LogP contribution in [0.15, 0.2) is 24.3 Å². The maximum Gasteiger partial charge on any atom is 0.315 e. The van der Waals surface area contributed by atoms with Gasteiger partial charge in [0.15, 0.2) is 0 Å². The van der Waals surface area contributed by atoms with E-state index in [0.29, 0.717) is 0 Å². The molecule has 2 atom stereocenters. The lowest BCUT2D eigenvalue weighted by atomic mass is 10.0. The van der Waals surface area contributed by atoms with Crippen LogP contribution in [0.1, 0.15) is 18.5 Å². The minimum Gasteiger partial charge on any atom is -0.508 e. The van der Waals surface area contributed by atoms with Gasteiger partial charge >= 0.3 is 6.03 Å². The molecule has 2 rings (SSSR count). The minimum absolute atomic E-state index is 0.0110. The van der Waals surface area contributed by atoms with Crippen molar-refractivity contribution in [2.45, 2.75) is 19.0 Å². The summed E-state index contributed by atoms with van der Waals surface area (Å²) in [4.78, 5) is 11.0. The summed E-state index contributed by atoms with van der Waals surface area (Å²) in [6.45, 7) is 1.94. The number of rotatable bonds is 1. The first kappa shape index (κ1) is 8.87. The molecule has 1 aliphatic rings. The Morgan fingerprint density at radius 1 is 1.21 bits per heavy atom. The molecule has 1 fully saturated rings. The zero-order valence-corrected chi connectivity index (χ0v) is 7.82. The number of phenols is 1. The first-order chi connectivity index (χ1) is 6.66. The van der Waals surface area contributed by atoms with Crippen molar-refractivity contribution in [1.29, 1.82) is 0 Å². The Bertz CT molecular complexity index is 348. The molecule has 2 amide bonds. The number of amides is 2. The second-order valence-electron chi connectivity index (χ2n) is 3.48. The van der Waals surface area contributed by atoms with E-state index in [1.807, 2.05) is 19.1 Å². The second-order valence-corrected chi connectivity index (χ2v) is 3.48. The van der Waals surface area contributed by atoms with E-state index in [1.165, 1.54) is 0 Å². The van der Waals surface area contributed by atoms with E-state index in [0.717, 1.165) is 5.56 Å². The lowest BCUT2D eigenvalue weighted by molar-refractivity contribution is 0.247. The van der Waals surface area contributed by atoms with E-state index in [1.54, 1.807) is 12.1 Å². The Balaban J connectivity index is 2.23. The van der Waals surface area contributed by atoms with Crippen molar-refractivity contribution in [3.8, 4) is 5.75 Å². The highest BCUT2D eigenvalue weighted by Gasteiger charge is 2.28. The van der Waals surface area contributed by atoms with Gasteiger partial charge in [0.25, 0.3) is 0 Å². The predicted molar refractivity (Wildman–Crippen MR) is 52.0 cm³/mol. The molecule has 74 valence electrons. The van der Waals surface area contributed by atoms with E-state index in [2.05, 4.69) is 10.6 Å². The van der Waals surface area contributed by atoms with Gasteiger partial charge in [-0.15, -0.1) is 0 Å². The molecular formula is C10H12N2O2. The van der Waals surface area contributed by atoms with E-state index in [9.17, 15) is 4.79 Å². The molecule has 0 unspecified atom stereocenters. The Labute approximate surface area is 81.9 Å². The SMILES string of the molecule is C[C@@H]1NC(=O)N[C@@H]1c1ccc(O)cc1. The fourth-order valence-electron chi connectivity index (χ4n) is 1.65. The van der Waals surface area contributed by atoms with Crippen LogP contribution in [0.2, 0.25) is 0 Å². The molecule has 14 heavy (non-hydrogen) atoms. The summed E-state index contributed by atoms with van der Waals surface area (Å²) in [5.41, 5.74) is 0.994. The average Bonchev–Trinajstić information content (AvgIpc) is 2.47. The van der Waals surface area contributed by atoms with Crippen molar-refractivity contribution in [2.24, 2.45) is 0 Å². The van der Waals surface area contributed by atoms with Gasteiger partial charge in [0.05, 0.1) is 12.1 Å². The zero-order chi connectivity index (χ0) is 10.1. The van der Waals surface area contributed by atoms with Crippen LogP contribution in [-0.2, 0) is 0 Å². The number of phenolic OH excluding ortho intramolecular Hbond substituents is 1. The van der Waals surface area contributed by atoms with Crippen molar-refractivity contribution in [3.05, 3.63) is 29.8 Å². The van der Waals surface area contributed by atoms with E-state index < -0.39 is 0 Å². The van der Waals surface area contributed by atoms with Crippen molar-refractivity contribution >= 4 is 6.03 Å². The number of benzene rings is 1. The van der Waals surface area contributed by atoms with Crippen LogP contribution in [0.25, 0.3) is 0 Å². The third-order valence-electron chi connectivity index (χ3n) is 2.40. The second kappa shape index (κ2) is 3.21. The molecule has 1 heterocycles. The summed E-state index contributed by atoms with van der Waals surface area (Å²) in [6.07, 6.45) is 0. The van der Waals surface area contributed by atoms with Gasteiger partial charge < -0.3 is 15.7 Å². The van der Waals surface area contributed by atoms with Gasteiger partial charge in [0.1, 0.15) is 5.75 Å². The van der Waals surface area contributed by atoms with Gasteiger partial charge in [0, 0.05) is 0 Å². The lowest BCUT2D eigenvalue weighted by Crippen LogP contribution is -2.23. The van der Waals surface area contributed by atoms with Gasteiger partial charge in [-0.2, -0.15) is 0 Å². The maximum atomic E-state index is 11.0. The van der Waals surface area contributed by atoms with Crippen LogP contribution in [0.5, 0.6) is 5.75 Å². The Morgan fingerprint density at radius 2 is 1.86 bits per heavy atom.